The largest absolute Gasteiger partial charge is 0.416 e. The minimum atomic E-state index is -4.29. The molecule has 132 valence electrons. The second-order valence-electron chi connectivity index (χ2n) is 6.55. The first-order chi connectivity index (χ1) is 10.8. The molecule has 0 aliphatic rings. The van der Waals surface area contributed by atoms with E-state index in [4.69, 9.17) is 0 Å². The molecule has 0 N–H and O–H groups in total. The second-order valence-corrected chi connectivity index (χ2v) is 6.55. The number of alkyl halides is 3. The Hall–Kier alpha value is -1.03. The molecule has 0 spiro atoms. The van der Waals surface area contributed by atoms with Crippen LogP contribution < -0.4 is 0 Å². The van der Waals surface area contributed by atoms with Crippen LogP contribution in [0, 0.1) is 0 Å². The Morgan fingerprint density at radius 2 is 1.70 bits per heavy atom. The van der Waals surface area contributed by atoms with Crippen molar-refractivity contribution < 1.29 is 13.2 Å². The molecule has 23 heavy (non-hydrogen) atoms. The summed E-state index contributed by atoms with van der Waals surface area (Å²) in [5.41, 5.74) is 0.668. The first kappa shape index (κ1) is 20.0. The van der Waals surface area contributed by atoms with Gasteiger partial charge in [0.2, 0.25) is 0 Å². The molecule has 0 saturated heterocycles. The Balaban J connectivity index is 2.99. The quantitative estimate of drug-likeness (QED) is 0.485. The van der Waals surface area contributed by atoms with Gasteiger partial charge in [-0.2, -0.15) is 13.2 Å². The van der Waals surface area contributed by atoms with E-state index in [0.717, 1.165) is 44.3 Å². The fraction of sp³-hybridized carbons (Fsp3) is 0.684. The van der Waals surface area contributed by atoms with Crippen molar-refractivity contribution in [1.82, 2.24) is 4.90 Å². The predicted octanol–water partition coefficient (Wildman–Crippen LogP) is 6.23. The molecule has 0 aliphatic heterocycles. The van der Waals surface area contributed by atoms with Gasteiger partial charge in [0.1, 0.15) is 0 Å². The van der Waals surface area contributed by atoms with Gasteiger partial charge in [-0.1, -0.05) is 52.7 Å². The van der Waals surface area contributed by atoms with Crippen LogP contribution in [0.5, 0.6) is 0 Å². The molecule has 0 radical (unpaired) electrons. The van der Waals surface area contributed by atoms with Crippen LogP contribution in [0.15, 0.2) is 18.2 Å². The summed E-state index contributed by atoms with van der Waals surface area (Å²) in [5, 5.41) is 0. The first-order valence-electron chi connectivity index (χ1n) is 8.71. The zero-order valence-electron chi connectivity index (χ0n) is 14.8. The molecule has 1 rings (SSSR count). The highest BCUT2D eigenvalue weighted by Crippen LogP contribution is 2.34. The predicted molar refractivity (Wildman–Crippen MR) is 90.6 cm³/mol. The Bertz CT molecular complexity index is 466. The monoisotopic (exact) mass is 329 g/mol. The minimum Gasteiger partial charge on any atom is -0.299 e. The number of hydrogen-bond acceptors (Lipinski definition) is 1. The van der Waals surface area contributed by atoms with Crippen molar-refractivity contribution >= 4 is 0 Å². The summed E-state index contributed by atoms with van der Waals surface area (Å²) >= 11 is 0. The molecule has 4 heteroatoms. The Morgan fingerprint density at radius 1 is 1.00 bits per heavy atom. The van der Waals surface area contributed by atoms with Crippen LogP contribution in [0.3, 0.4) is 0 Å². The van der Waals surface area contributed by atoms with Gasteiger partial charge in [0.05, 0.1) is 5.56 Å². The Morgan fingerprint density at radius 3 is 2.22 bits per heavy atom. The number of halogens is 3. The van der Waals surface area contributed by atoms with E-state index < -0.39 is 11.7 Å². The van der Waals surface area contributed by atoms with Gasteiger partial charge in [-0.3, -0.25) is 4.90 Å². The smallest absolute Gasteiger partial charge is 0.299 e. The maximum Gasteiger partial charge on any atom is 0.416 e. The van der Waals surface area contributed by atoms with E-state index in [1.54, 1.807) is 6.07 Å². The van der Waals surface area contributed by atoms with Crippen LogP contribution in [-0.4, -0.2) is 18.0 Å². The summed E-state index contributed by atoms with van der Waals surface area (Å²) in [7, 11) is 0. The van der Waals surface area contributed by atoms with Crippen molar-refractivity contribution in [3.63, 3.8) is 0 Å². The van der Waals surface area contributed by atoms with Gasteiger partial charge in [-0.15, -0.1) is 0 Å². The highest BCUT2D eigenvalue weighted by molar-refractivity contribution is 5.35. The summed E-state index contributed by atoms with van der Waals surface area (Å²) in [6.07, 6.45) is -0.0451. The lowest BCUT2D eigenvalue weighted by atomic mass is 9.96. The lowest BCUT2D eigenvalue weighted by Gasteiger charge is -2.24. The molecule has 1 aromatic carbocycles. The van der Waals surface area contributed by atoms with E-state index in [-0.39, 0.29) is 5.92 Å². The molecule has 1 aromatic rings. The van der Waals surface area contributed by atoms with E-state index in [1.807, 2.05) is 19.9 Å². The van der Waals surface area contributed by atoms with Crippen molar-refractivity contribution in [2.24, 2.45) is 0 Å². The van der Waals surface area contributed by atoms with E-state index in [9.17, 15) is 13.2 Å². The number of benzene rings is 1. The molecule has 0 saturated carbocycles. The van der Waals surface area contributed by atoms with Crippen molar-refractivity contribution in [3.05, 3.63) is 34.9 Å². The fourth-order valence-electron chi connectivity index (χ4n) is 2.77. The van der Waals surface area contributed by atoms with E-state index >= 15 is 0 Å². The molecule has 0 fully saturated rings. The number of unbranched alkanes of at least 4 members (excludes halogenated alkanes) is 2. The van der Waals surface area contributed by atoms with Crippen LogP contribution in [0.1, 0.15) is 76.0 Å². The Kier molecular flexibility index (Phi) is 8.10. The third-order valence-electron chi connectivity index (χ3n) is 4.12. The van der Waals surface area contributed by atoms with Crippen LogP contribution in [-0.2, 0) is 12.7 Å². The average molecular weight is 329 g/mol. The van der Waals surface area contributed by atoms with E-state index in [0.29, 0.717) is 12.1 Å². The summed E-state index contributed by atoms with van der Waals surface area (Å²) < 4.78 is 40.2. The zero-order chi connectivity index (χ0) is 17.5. The molecule has 0 aromatic heterocycles. The minimum absolute atomic E-state index is 0.0986. The van der Waals surface area contributed by atoms with E-state index in [1.165, 1.54) is 6.07 Å². The lowest BCUT2D eigenvalue weighted by Crippen LogP contribution is -2.27. The molecular weight excluding hydrogens is 299 g/mol. The molecule has 0 unspecified atom stereocenters. The third kappa shape index (κ3) is 6.54. The highest BCUT2D eigenvalue weighted by atomic mass is 19.4. The molecule has 0 aliphatic carbocycles. The highest BCUT2D eigenvalue weighted by Gasteiger charge is 2.34. The second kappa shape index (κ2) is 9.31. The molecule has 0 heterocycles. The Labute approximate surface area is 138 Å². The topological polar surface area (TPSA) is 3.24 Å². The van der Waals surface area contributed by atoms with Crippen molar-refractivity contribution in [2.75, 3.05) is 13.1 Å². The van der Waals surface area contributed by atoms with Crippen LogP contribution >= 0.6 is 0 Å². The SMILES string of the molecule is CCCCCN(CCC)Cc1ccc(C(C)C)cc1C(F)(F)F. The van der Waals surface area contributed by atoms with Gasteiger partial charge in [0, 0.05) is 6.54 Å². The van der Waals surface area contributed by atoms with Crippen molar-refractivity contribution in [2.45, 2.75) is 72.0 Å². The van der Waals surface area contributed by atoms with Gasteiger partial charge >= 0.3 is 6.18 Å². The normalized spacial score (nSPS) is 12.4. The van der Waals surface area contributed by atoms with Gasteiger partial charge in [-0.05, 0) is 49.0 Å². The number of nitrogens with zero attached hydrogens (tertiary/aromatic N) is 1. The first-order valence-corrected chi connectivity index (χ1v) is 8.71. The van der Waals surface area contributed by atoms with Gasteiger partial charge in [0.15, 0.2) is 0 Å². The molecule has 1 nitrogen and oxygen atoms in total. The lowest BCUT2D eigenvalue weighted by molar-refractivity contribution is -0.138. The fourth-order valence-corrected chi connectivity index (χ4v) is 2.77. The standard InChI is InChI=1S/C19H30F3N/c1-5-7-8-12-23(11-6-2)14-17-10-9-16(15(3)4)13-18(17)19(20,21)22/h9-10,13,15H,5-8,11-12,14H2,1-4H3. The summed E-state index contributed by atoms with van der Waals surface area (Å²) in [6.45, 7) is 10.1. The van der Waals surface area contributed by atoms with Gasteiger partial charge in [-0.25, -0.2) is 0 Å². The molecular formula is C19H30F3N. The third-order valence-corrected chi connectivity index (χ3v) is 4.12. The molecule has 0 amide bonds. The van der Waals surface area contributed by atoms with Crippen LogP contribution in [0.2, 0.25) is 0 Å². The zero-order valence-corrected chi connectivity index (χ0v) is 14.8. The van der Waals surface area contributed by atoms with Gasteiger partial charge < -0.3 is 0 Å². The summed E-state index contributed by atoms with van der Waals surface area (Å²) in [6, 6.07) is 4.84. The van der Waals surface area contributed by atoms with Gasteiger partial charge in [0.25, 0.3) is 0 Å². The van der Waals surface area contributed by atoms with Crippen molar-refractivity contribution in [3.8, 4) is 0 Å². The summed E-state index contributed by atoms with van der Waals surface area (Å²) in [5.74, 6) is 0.0986. The average Bonchev–Trinajstić information content (AvgIpc) is 2.46. The number of rotatable bonds is 9. The number of hydrogen-bond donors (Lipinski definition) is 0. The van der Waals surface area contributed by atoms with E-state index in [2.05, 4.69) is 18.7 Å². The summed E-state index contributed by atoms with van der Waals surface area (Å²) in [4.78, 5) is 2.15. The van der Waals surface area contributed by atoms with Crippen LogP contribution in [0.4, 0.5) is 13.2 Å². The van der Waals surface area contributed by atoms with Crippen LogP contribution in [0.25, 0.3) is 0 Å². The van der Waals surface area contributed by atoms with Crippen molar-refractivity contribution in [1.29, 1.82) is 0 Å². The molecule has 0 atom stereocenters. The maximum absolute atomic E-state index is 13.4. The molecule has 0 bridgehead atoms. The maximum atomic E-state index is 13.4.